The standard InChI is InChI=1S/C32H30Br2N6O4/c33-25-7-3-23(4-8-25)31-18-30(44-36-31)21-43-32(24-5-9-26(34)10-6-24)17-27-20-39(37-35-27)28-13-15-38(16-14-28)19-22-1-11-29(12-2-22)40(41)42/h1-12,18,20,28,32H,13-17,19,21H2. The Balaban J connectivity index is 1.07. The van der Waals surface area contributed by atoms with E-state index in [4.69, 9.17) is 9.26 Å². The Morgan fingerprint density at radius 2 is 1.66 bits per heavy atom. The molecule has 226 valence electrons. The van der Waals surface area contributed by atoms with Crippen LogP contribution in [0.2, 0.25) is 0 Å². The number of benzene rings is 3. The smallest absolute Gasteiger partial charge is 0.269 e. The van der Waals surface area contributed by atoms with Gasteiger partial charge < -0.3 is 9.26 Å². The third-order valence-corrected chi connectivity index (χ3v) is 8.86. The summed E-state index contributed by atoms with van der Waals surface area (Å²) >= 11 is 6.99. The summed E-state index contributed by atoms with van der Waals surface area (Å²) < 4.78 is 16.0. The second kappa shape index (κ2) is 13.9. The molecule has 3 heterocycles. The Hall–Kier alpha value is -3.71. The third-order valence-electron chi connectivity index (χ3n) is 7.80. The molecule has 0 aliphatic carbocycles. The number of halogens is 2. The number of likely N-dealkylation sites (tertiary alicyclic amines) is 1. The number of rotatable bonds is 11. The van der Waals surface area contributed by atoms with Crippen molar-refractivity contribution >= 4 is 37.5 Å². The number of hydrogen-bond donors (Lipinski definition) is 0. The van der Waals surface area contributed by atoms with Crippen molar-refractivity contribution < 1.29 is 14.2 Å². The zero-order valence-corrected chi connectivity index (χ0v) is 26.9. The van der Waals surface area contributed by atoms with Crippen LogP contribution in [0.15, 0.2) is 98.5 Å². The molecule has 1 unspecified atom stereocenters. The number of piperidine rings is 1. The lowest BCUT2D eigenvalue weighted by molar-refractivity contribution is -0.384. The van der Waals surface area contributed by atoms with Gasteiger partial charge in [-0.15, -0.1) is 5.10 Å². The largest absolute Gasteiger partial charge is 0.365 e. The molecule has 0 bridgehead atoms. The van der Waals surface area contributed by atoms with Crippen molar-refractivity contribution in [3.8, 4) is 11.3 Å². The fourth-order valence-corrected chi connectivity index (χ4v) is 5.90. The van der Waals surface area contributed by atoms with Gasteiger partial charge in [0.25, 0.3) is 5.69 Å². The molecule has 2 aromatic heterocycles. The number of hydrogen-bond acceptors (Lipinski definition) is 8. The van der Waals surface area contributed by atoms with Crippen LogP contribution in [0.5, 0.6) is 0 Å². The first-order valence-corrected chi connectivity index (χ1v) is 15.9. The molecule has 10 nitrogen and oxygen atoms in total. The summed E-state index contributed by atoms with van der Waals surface area (Å²) in [5.41, 5.74) is 4.82. The number of non-ortho nitro benzene ring substituents is 1. The molecular formula is C32H30Br2N6O4. The first-order valence-electron chi connectivity index (χ1n) is 14.3. The van der Waals surface area contributed by atoms with Crippen LogP contribution < -0.4 is 0 Å². The molecule has 1 saturated heterocycles. The topological polar surface area (TPSA) is 112 Å². The lowest BCUT2D eigenvalue weighted by Gasteiger charge is -2.31. The predicted octanol–water partition coefficient (Wildman–Crippen LogP) is 7.70. The van der Waals surface area contributed by atoms with E-state index in [-0.39, 0.29) is 29.4 Å². The second-order valence-corrected chi connectivity index (χ2v) is 12.7. The molecule has 0 spiro atoms. The van der Waals surface area contributed by atoms with Crippen LogP contribution in [0.25, 0.3) is 11.3 Å². The van der Waals surface area contributed by atoms with Crippen molar-refractivity contribution in [2.24, 2.45) is 0 Å². The minimum atomic E-state index is -0.369. The van der Waals surface area contributed by atoms with Crippen molar-refractivity contribution in [2.75, 3.05) is 13.1 Å². The number of aromatic nitrogens is 4. The normalized spacial score (nSPS) is 15.0. The highest BCUT2D eigenvalue weighted by Gasteiger charge is 2.23. The van der Waals surface area contributed by atoms with Crippen LogP contribution in [0.1, 0.15) is 47.6 Å². The fourth-order valence-electron chi connectivity index (χ4n) is 5.37. The van der Waals surface area contributed by atoms with Crippen molar-refractivity contribution in [1.29, 1.82) is 0 Å². The van der Waals surface area contributed by atoms with E-state index in [1.54, 1.807) is 12.1 Å². The van der Waals surface area contributed by atoms with Crippen molar-refractivity contribution in [2.45, 2.75) is 44.6 Å². The highest BCUT2D eigenvalue weighted by molar-refractivity contribution is 9.10. The molecule has 0 N–H and O–H groups in total. The molecule has 1 aliphatic heterocycles. The first-order chi connectivity index (χ1) is 21.4. The zero-order valence-electron chi connectivity index (χ0n) is 23.8. The third kappa shape index (κ3) is 7.68. The fraction of sp³-hybridized carbons (Fsp3) is 0.281. The van der Waals surface area contributed by atoms with Gasteiger partial charge in [-0.05, 0) is 48.2 Å². The molecule has 0 radical (unpaired) electrons. The highest BCUT2D eigenvalue weighted by Crippen LogP contribution is 2.28. The Morgan fingerprint density at radius 1 is 0.977 bits per heavy atom. The van der Waals surface area contributed by atoms with Gasteiger partial charge in [-0.1, -0.05) is 78.6 Å². The van der Waals surface area contributed by atoms with E-state index in [9.17, 15) is 10.1 Å². The summed E-state index contributed by atoms with van der Waals surface area (Å²) in [5.74, 6) is 0.647. The minimum absolute atomic E-state index is 0.117. The molecule has 12 heteroatoms. The molecule has 3 aromatic carbocycles. The molecule has 44 heavy (non-hydrogen) atoms. The highest BCUT2D eigenvalue weighted by atomic mass is 79.9. The maximum Gasteiger partial charge on any atom is 0.269 e. The Morgan fingerprint density at radius 3 is 2.34 bits per heavy atom. The van der Waals surface area contributed by atoms with Gasteiger partial charge in [0, 0.05) is 65.0 Å². The molecule has 6 rings (SSSR count). The van der Waals surface area contributed by atoms with Crippen LogP contribution in [-0.2, 0) is 24.3 Å². The molecule has 0 saturated carbocycles. The Kier molecular flexibility index (Phi) is 9.60. The Labute approximate surface area is 271 Å². The molecule has 1 aliphatic rings. The van der Waals surface area contributed by atoms with E-state index in [1.807, 2.05) is 77.6 Å². The molecular weight excluding hydrogens is 692 g/mol. The van der Waals surface area contributed by atoms with Gasteiger partial charge in [-0.3, -0.25) is 15.0 Å². The van der Waals surface area contributed by atoms with E-state index < -0.39 is 0 Å². The van der Waals surface area contributed by atoms with E-state index in [0.717, 1.165) is 69.5 Å². The van der Waals surface area contributed by atoms with E-state index in [0.29, 0.717) is 12.2 Å². The van der Waals surface area contributed by atoms with Gasteiger partial charge in [0.2, 0.25) is 0 Å². The molecule has 0 amide bonds. The first kappa shape index (κ1) is 30.3. The minimum Gasteiger partial charge on any atom is -0.365 e. The number of nitrogens with zero attached hydrogens (tertiary/aromatic N) is 6. The molecule has 5 aromatic rings. The van der Waals surface area contributed by atoms with E-state index >= 15 is 0 Å². The summed E-state index contributed by atoms with van der Waals surface area (Å²) in [5, 5.41) is 24.1. The van der Waals surface area contributed by atoms with Gasteiger partial charge in [0.15, 0.2) is 5.76 Å². The van der Waals surface area contributed by atoms with Crippen LogP contribution >= 0.6 is 31.9 Å². The van der Waals surface area contributed by atoms with Gasteiger partial charge in [-0.2, -0.15) is 0 Å². The van der Waals surface area contributed by atoms with Gasteiger partial charge >= 0.3 is 0 Å². The van der Waals surface area contributed by atoms with Gasteiger partial charge in [0.05, 0.1) is 22.8 Å². The monoisotopic (exact) mass is 720 g/mol. The average molecular weight is 722 g/mol. The summed E-state index contributed by atoms with van der Waals surface area (Å²) in [6.45, 7) is 2.88. The van der Waals surface area contributed by atoms with E-state index in [2.05, 4.69) is 52.2 Å². The van der Waals surface area contributed by atoms with Crippen LogP contribution in [-0.4, -0.2) is 43.1 Å². The summed E-state index contributed by atoms with van der Waals surface area (Å²) in [7, 11) is 0. The number of nitro benzene ring substituents is 1. The summed E-state index contributed by atoms with van der Waals surface area (Å²) in [4.78, 5) is 12.9. The Bertz CT molecular complexity index is 1680. The van der Waals surface area contributed by atoms with Gasteiger partial charge in [0.1, 0.15) is 12.3 Å². The van der Waals surface area contributed by atoms with Crippen molar-refractivity contribution in [1.82, 2.24) is 25.1 Å². The zero-order chi connectivity index (χ0) is 30.5. The van der Waals surface area contributed by atoms with Crippen molar-refractivity contribution in [3.63, 3.8) is 0 Å². The predicted molar refractivity (Wildman–Crippen MR) is 172 cm³/mol. The van der Waals surface area contributed by atoms with Crippen LogP contribution in [0.4, 0.5) is 5.69 Å². The van der Waals surface area contributed by atoms with Crippen LogP contribution in [0.3, 0.4) is 0 Å². The lowest BCUT2D eigenvalue weighted by atomic mass is 10.0. The average Bonchev–Trinajstić information content (AvgIpc) is 3.71. The lowest BCUT2D eigenvalue weighted by Crippen LogP contribution is -2.34. The number of ether oxygens (including phenoxy) is 1. The maximum absolute atomic E-state index is 10.9. The summed E-state index contributed by atoms with van der Waals surface area (Å²) in [6.07, 6.45) is 4.25. The van der Waals surface area contributed by atoms with E-state index in [1.165, 1.54) is 0 Å². The number of nitro groups is 1. The quantitative estimate of drug-likeness (QED) is 0.101. The van der Waals surface area contributed by atoms with Crippen molar-refractivity contribution in [3.05, 3.63) is 127 Å². The van der Waals surface area contributed by atoms with Crippen LogP contribution in [0, 0.1) is 10.1 Å². The molecule has 1 atom stereocenters. The van der Waals surface area contributed by atoms with Gasteiger partial charge in [-0.25, -0.2) is 4.68 Å². The molecule has 1 fully saturated rings. The second-order valence-electron chi connectivity index (χ2n) is 10.9. The SMILES string of the molecule is O=[N+]([O-])c1ccc(CN2CCC(n3cc(CC(OCc4cc(-c5ccc(Br)cc5)no4)c4ccc(Br)cc4)nn3)CC2)cc1. The summed E-state index contributed by atoms with van der Waals surface area (Å²) in [6, 6.07) is 25.0. The maximum atomic E-state index is 10.9.